The molecule has 0 unspecified atom stereocenters. The number of benzene rings is 1. The number of aromatic nitrogens is 1. The van der Waals surface area contributed by atoms with Gasteiger partial charge in [-0.05, 0) is 18.1 Å². The maximum absolute atomic E-state index is 5.67. The van der Waals surface area contributed by atoms with Gasteiger partial charge in [0.1, 0.15) is 6.61 Å². The van der Waals surface area contributed by atoms with Crippen molar-refractivity contribution in [2.45, 2.75) is 19.9 Å². The topological polar surface area (TPSA) is 34.5 Å². The van der Waals surface area contributed by atoms with Crippen LogP contribution in [0.15, 0.2) is 41.5 Å². The standard InChI is InChI=1S/C15H16N2O/c1-10(2)14-9-18-15(17-14)12-7-11-5-3-4-6-13(11)16-8-12/h3-8,10,14H,9H2,1-2H3/t14-/m1/s1. The molecular weight excluding hydrogens is 224 g/mol. The Balaban J connectivity index is 1.98. The molecule has 3 nitrogen and oxygen atoms in total. The summed E-state index contributed by atoms with van der Waals surface area (Å²) >= 11 is 0. The van der Waals surface area contributed by atoms with Crippen molar-refractivity contribution in [3.63, 3.8) is 0 Å². The fourth-order valence-electron chi connectivity index (χ4n) is 2.08. The molecule has 2 aromatic rings. The molecule has 0 saturated carbocycles. The van der Waals surface area contributed by atoms with Crippen LogP contribution in [0.5, 0.6) is 0 Å². The van der Waals surface area contributed by atoms with Gasteiger partial charge in [-0.15, -0.1) is 0 Å². The average Bonchev–Trinajstić information content (AvgIpc) is 2.88. The van der Waals surface area contributed by atoms with Crippen molar-refractivity contribution in [2.75, 3.05) is 6.61 Å². The van der Waals surface area contributed by atoms with E-state index in [1.54, 1.807) is 0 Å². The van der Waals surface area contributed by atoms with Crippen molar-refractivity contribution in [1.82, 2.24) is 4.98 Å². The maximum Gasteiger partial charge on any atom is 0.218 e. The molecule has 0 bridgehead atoms. The molecule has 2 heterocycles. The quantitative estimate of drug-likeness (QED) is 0.808. The predicted octanol–water partition coefficient (Wildman–Crippen LogP) is 3.04. The summed E-state index contributed by atoms with van der Waals surface area (Å²) in [5, 5.41) is 1.12. The number of ether oxygens (including phenoxy) is 1. The normalized spacial score (nSPS) is 19.1. The Labute approximate surface area is 107 Å². The first-order valence-electron chi connectivity index (χ1n) is 6.30. The van der Waals surface area contributed by atoms with E-state index in [4.69, 9.17) is 4.74 Å². The maximum atomic E-state index is 5.67. The Morgan fingerprint density at radius 2 is 2.11 bits per heavy atom. The Morgan fingerprint density at radius 3 is 2.89 bits per heavy atom. The first-order chi connectivity index (χ1) is 8.74. The summed E-state index contributed by atoms with van der Waals surface area (Å²) in [5.41, 5.74) is 1.97. The molecule has 0 fully saturated rings. The minimum atomic E-state index is 0.270. The Hall–Kier alpha value is -1.90. The lowest BCUT2D eigenvalue weighted by Crippen LogP contribution is -2.13. The van der Waals surface area contributed by atoms with E-state index >= 15 is 0 Å². The van der Waals surface area contributed by atoms with Crippen molar-refractivity contribution in [1.29, 1.82) is 0 Å². The number of rotatable bonds is 2. The molecule has 0 aliphatic carbocycles. The van der Waals surface area contributed by atoms with E-state index in [9.17, 15) is 0 Å². The van der Waals surface area contributed by atoms with Gasteiger partial charge in [-0.2, -0.15) is 0 Å². The molecule has 1 aromatic carbocycles. The molecule has 1 aromatic heterocycles. The summed E-state index contributed by atoms with van der Waals surface area (Å²) in [6, 6.07) is 10.4. The zero-order chi connectivity index (χ0) is 12.5. The molecule has 18 heavy (non-hydrogen) atoms. The summed E-state index contributed by atoms with van der Waals surface area (Å²) in [6.07, 6.45) is 1.84. The minimum Gasteiger partial charge on any atom is -0.475 e. The first kappa shape index (κ1) is 11.2. The molecule has 0 amide bonds. The van der Waals surface area contributed by atoms with Gasteiger partial charge < -0.3 is 4.74 Å². The van der Waals surface area contributed by atoms with E-state index in [0.29, 0.717) is 12.5 Å². The smallest absolute Gasteiger partial charge is 0.218 e. The monoisotopic (exact) mass is 240 g/mol. The fourth-order valence-corrected chi connectivity index (χ4v) is 2.08. The van der Waals surface area contributed by atoms with Gasteiger partial charge in [0.25, 0.3) is 0 Å². The third-order valence-electron chi connectivity index (χ3n) is 3.28. The lowest BCUT2D eigenvalue weighted by atomic mass is 10.1. The molecule has 92 valence electrons. The summed E-state index contributed by atoms with van der Waals surface area (Å²) in [5.74, 6) is 1.24. The van der Waals surface area contributed by atoms with Crippen molar-refractivity contribution < 1.29 is 4.74 Å². The number of nitrogens with zero attached hydrogens (tertiary/aromatic N) is 2. The van der Waals surface area contributed by atoms with Gasteiger partial charge in [-0.25, -0.2) is 4.99 Å². The van der Waals surface area contributed by atoms with Gasteiger partial charge in [0.2, 0.25) is 5.90 Å². The van der Waals surface area contributed by atoms with E-state index in [1.165, 1.54) is 0 Å². The molecule has 1 aliphatic heterocycles. The molecule has 0 spiro atoms. The van der Waals surface area contributed by atoms with Crippen LogP contribution in [0.3, 0.4) is 0 Å². The van der Waals surface area contributed by atoms with Crippen LogP contribution in [-0.2, 0) is 4.74 Å². The third kappa shape index (κ3) is 1.96. The molecule has 0 N–H and O–H groups in total. The zero-order valence-electron chi connectivity index (χ0n) is 10.6. The van der Waals surface area contributed by atoms with Crippen LogP contribution in [0.2, 0.25) is 0 Å². The number of hydrogen-bond acceptors (Lipinski definition) is 3. The second kappa shape index (κ2) is 4.41. The number of fused-ring (bicyclic) bond motifs is 1. The van der Waals surface area contributed by atoms with E-state index in [1.807, 2.05) is 24.4 Å². The van der Waals surface area contributed by atoms with Crippen molar-refractivity contribution >= 4 is 16.8 Å². The molecule has 1 atom stereocenters. The Morgan fingerprint density at radius 1 is 1.28 bits per heavy atom. The lowest BCUT2D eigenvalue weighted by molar-refractivity contribution is 0.292. The fraction of sp³-hybridized carbons (Fsp3) is 0.333. The second-order valence-electron chi connectivity index (χ2n) is 4.97. The highest BCUT2D eigenvalue weighted by Gasteiger charge is 2.22. The zero-order valence-corrected chi connectivity index (χ0v) is 10.6. The Kier molecular flexibility index (Phi) is 2.74. The molecule has 1 aliphatic rings. The number of pyridine rings is 1. The molecule has 0 radical (unpaired) electrons. The van der Waals surface area contributed by atoms with E-state index < -0.39 is 0 Å². The number of aliphatic imine (C=N–C) groups is 1. The number of hydrogen-bond donors (Lipinski definition) is 0. The minimum absolute atomic E-state index is 0.270. The summed E-state index contributed by atoms with van der Waals surface area (Å²) in [7, 11) is 0. The van der Waals surface area contributed by atoms with Crippen LogP contribution in [0, 0.1) is 5.92 Å². The SMILES string of the molecule is CC(C)[C@H]1COC(c2cnc3ccccc3c2)=N1. The largest absolute Gasteiger partial charge is 0.475 e. The summed E-state index contributed by atoms with van der Waals surface area (Å²) in [6.45, 7) is 5.01. The van der Waals surface area contributed by atoms with Crippen LogP contribution in [-0.4, -0.2) is 23.5 Å². The highest BCUT2D eigenvalue weighted by atomic mass is 16.5. The molecular formula is C15H16N2O. The lowest BCUT2D eigenvalue weighted by Gasteiger charge is -2.06. The van der Waals surface area contributed by atoms with E-state index in [-0.39, 0.29) is 6.04 Å². The van der Waals surface area contributed by atoms with Crippen molar-refractivity contribution in [2.24, 2.45) is 10.9 Å². The third-order valence-corrected chi connectivity index (χ3v) is 3.28. The predicted molar refractivity (Wildman–Crippen MR) is 72.9 cm³/mol. The van der Waals surface area contributed by atoms with Gasteiger partial charge in [0, 0.05) is 11.6 Å². The van der Waals surface area contributed by atoms with Crippen molar-refractivity contribution in [3.05, 3.63) is 42.1 Å². The van der Waals surface area contributed by atoms with Gasteiger partial charge >= 0.3 is 0 Å². The van der Waals surface area contributed by atoms with Gasteiger partial charge in [0.05, 0.1) is 17.1 Å². The highest BCUT2D eigenvalue weighted by Crippen LogP contribution is 2.19. The first-order valence-corrected chi connectivity index (χ1v) is 6.30. The number of para-hydroxylation sites is 1. The van der Waals surface area contributed by atoms with Gasteiger partial charge in [0.15, 0.2) is 0 Å². The molecule has 3 rings (SSSR count). The van der Waals surface area contributed by atoms with Gasteiger partial charge in [-0.1, -0.05) is 32.0 Å². The van der Waals surface area contributed by atoms with Crippen LogP contribution < -0.4 is 0 Å². The van der Waals surface area contributed by atoms with E-state index in [0.717, 1.165) is 22.4 Å². The molecule has 0 saturated heterocycles. The van der Waals surface area contributed by atoms with Crippen molar-refractivity contribution in [3.8, 4) is 0 Å². The average molecular weight is 240 g/mol. The second-order valence-corrected chi connectivity index (χ2v) is 4.97. The van der Waals surface area contributed by atoms with Crippen LogP contribution in [0.25, 0.3) is 10.9 Å². The Bertz CT molecular complexity index is 604. The summed E-state index contributed by atoms with van der Waals surface area (Å²) < 4.78 is 5.67. The molecule has 3 heteroatoms. The van der Waals surface area contributed by atoms with Crippen LogP contribution >= 0.6 is 0 Å². The van der Waals surface area contributed by atoms with Gasteiger partial charge in [-0.3, -0.25) is 4.98 Å². The van der Waals surface area contributed by atoms with Crippen LogP contribution in [0.4, 0.5) is 0 Å². The summed E-state index contributed by atoms with van der Waals surface area (Å²) in [4.78, 5) is 9.05. The highest BCUT2D eigenvalue weighted by molar-refractivity contribution is 5.98. The van der Waals surface area contributed by atoms with E-state index in [2.05, 4.69) is 36.0 Å². The van der Waals surface area contributed by atoms with Crippen LogP contribution in [0.1, 0.15) is 19.4 Å².